The Morgan fingerprint density at radius 1 is 1.20 bits per heavy atom. The highest BCUT2D eigenvalue weighted by molar-refractivity contribution is 5.47. The molecule has 0 spiro atoms. The molecule has 0 saturated carbocycles. The van der Waals surface area contributed by atoms with E-state index in [4.69, 9.17) is 14.7 Å². The number of nitrogens with zero attached hydrogens (tertiary/aromatic N) is 1. The molecule has 2 aromatic rings. The molecule has 0 heterocycles. The molecule has 1 atom stereocenters. The molecule has 0 aliphatic heterocycles. The van der Waals surface area contributed by atoms with E-state index in [1.165, 1.54) is 7.11 Å². The summed E-state index contributed by atoms with van der Waals surface area (Å²) in [7, 11) is 1.50. The third-order valence-corrected chi connectivity index (χ3v) is 2.89. The summed E-state index contributed by atoms with van der Waals surface area (Å²) in [5.41, 5.74) is 1.25. The highest BCUT2D eigenvalue weighted by Gasteiger charge is 2.09. The third kappa shape index (κ3) is 3.28. The second kappa shape index (κ2) is 6.60. The van der Waals surface area contributed by atoms with Crippen LogP contribution in [0.5, 0.6) is 11.5 Å². The Labute approximate surface area is 117 Å². The van der Waals surface area contributed by atoms with Gasteiger partial charge in [-0.2, -0.15) is 5.26 Å². The van der Waals surface area contributed by atoms with E-state index in [1.54, 1.807) is 18.2 Å². The molecule has 2 rings (SSSR count). The lowest BCUT2D eigenvalue weighted by molar-refractivity contribution is 0.108. The van der Waals surface area contributed by atoms with Crippen LogP contribution in [0.25, 0.3) is 0 Å². The SMILES string of the molecule is COc1cc(OC[C@@H](O)c2ccccc2)ccc1C#N. The standard InChI is InChI=1S/C16H15NO3/c1-19-16-9-14(8-7-13(16)10-17)20-11-15(18)12-5-3-2-4-6-12/h2-9,15,18H,11H2,1H3/t15-/m1/s1. The summed E-state index contributed by atoms with van der Waals surface area (Å²) >= 11 is 0. The van der Waals surface area contributed by atoms with Gasteiger partial charge in [-0.15, -0.1) is 0 Å². The Hall–Kier alpha value is -2.51. The zero-order valence-electron chi connectivity index (χ0n) is 11.1. The Kier molecular flexibility index (Phi) is 4.59. The molecular weight excluding hydrogens is 254 g/mol. The van der Waals surface area contributed by atoms with Crippen molar-refractivity contribution in [1.29, 1.82) is 5.26 Å². The predicted octanol–water partition coefficient (Wildman–Crippen LogP) is 2.68. The molecule has 0 aliphatic carbocycles. The van der Waals surface area contributed by atoms with E-state index in [1.807, 2.05) is 36.4 Å². The molecular formula is C16H15NO3. The fourth-order valence-electron chi connectivity index (χ4n) is 1.80. The van der Waals surface area contributed by atoms with Gasteiger partial charge in [-0.25, -0.2) is 0 Å². The van der Waals surface area contributed by atoms with E-state index in [0.29, 0.717) is 17.1 Å². The summed E-state index contributed by atoms with van der Waals surface area (Å²) in [6, 6.07) is 16.3. The summed E-state index contributed by atoms with van der Waals surface area (Å²) in [6.07, 6.45) is -0.696. The molecule has 0 fully saturated rings. The maximum atomic E-state index is 10.0. The zero-order valence-corrected chi connectivity index (χ0v) is 11.1. The van der Waals surface area contributed by atoms with E-state index >= 15 is 0 Å². The highest BCUT2D eigenvalue weighted by atomic mass is 16.5. The summed E-state index contributed by atoms with van der Waals surface area (Å²) < 4.78 is 10.6. The molecule has 0 aliphatic rings. The fraction of sp³-hybridized carbons (Fsp3) is 0.188. The van der Waals surface area contributed by atoms with Gasteiger partial charge < -0.3 is 14.6 Å². The quantitative estimate of drug-likeness (QED) is 0.906. The van der Waals surface area contributed by atoms with E-state index in [9.17, 15) is 5.11 Å². The molecule has 4 nitrogen and oxygen atoms in total. The minimum absolute atomic E-state index is 0.138. The third-order valence-electron chi connectivity index (χ3n) is 2.89. The maximum absolute atomic E-state index is 10.0. The molecule has 0 aromatic heterocycles. The van der Waals surface area contributed by atoms with Gasteiger partial charge in [-0.1, -0.05) is 30.3 Å². The first-order valence-electron chi connectivity index (χ1n) is 6.18. The number of nitriles is 1. The highest BCUT2D eigenvalue weighted by Crippen LogP contribution is 2.25. The Morgan fingerprint density at radius 3 is 2.60 bits per heavy atom. The van der Waals surface area contributed by atoms with Gasteiger partial charge in [-0.3, -0.25) is 0 Å². The fourth-order valence-corrected chi connectivity index (χ4v) is 1.80. The Morgan fingerprint density at radius 2 is 1.95 bits per heavy atom. The average molecular weight is 269 g/mol. The molecule has 2 aromatic carbocycles. The predicted molar refractivity (Wildman–Crippen MR) is 74.6 cm³/mol. The molecule has 4 heteroatoms. The van der Waals surface area contributed by atoms with E-state index in [0.717, 1.165) is 5.56 Å². The van der Waals surface area contributed by atoms with Crippen molar-refractivity contribution in [1.82, 2.24) is 0 Å². The summed E-state index contributed by atoms with van der Waals surface area (Å²) in [6.45, 7) is 0.138. The van der Waals surface area contributed by atoms with Crippen molar-refractivity contribution in [3.63, 3.8) is 0 Å². The molecule has 1 N–H and O–H groups in total. The minimum atomic E-state index is -0.696. The van der Waals surface area contributed by atoms with Crippen molar-refractivity contribution in [3.8, 4) is 17.6 Å². The van der Waals surface area contributed by atoms with Crippen LogP contribution in [0.3, 0.4) is 0 Å². The van der Waals surface area contributed by atoms with Gasteiger partial charge in [0.2, 0.25) is 0 Å². The number of methoxy groups -OCH3 is 1. The average Bonchev–Trinajstić information content (AvgIpc) is 2.53. The monoisotopic (exact) mass is 269 g/mol. The van der Waals surface area contributed by atoms with Crippen molar-refractivity contribution in [2.45, 2.75) is 6.10 Å². The lowest BCUT2D eigenvalue weighted by Gasteiger charge is -2.13. The van der Waals surface area contributed by atoms with Crippen molar-refractivity contribution in [3.05, 3.63) is 59.7 Å². The lowest BCUT2D eigenvalue weighted by atomic mass is 10.1. The molecule has 0 saturated heterocycles. The largest absolute Gasteiger partial charge is 0.495 e. The second-order valence-corrected chi connectivity index (χ2v) is 4.21. The van der Waals surface area contributed by atoms with Crippen LogP contribution in [-0.4, -0.2) is 18.8 Å². The van der Waals surface area contributed by atoms with Gasteiger partial charge in [0.25, 0.3) is 0 Å². The van der Waals surface area contributed by atoms with Crippen LogP contribution in [0, 0.1) is 11.3 Å². The first kappa shape index (κ1) is 13.9. The molecule has 0 amide bonds. The lowest BCUT2D eigenvalue weighted by Crippen LogP contribution is -2.09. The molecule has 0 bridgehead atoms. The number of hydrogen-bond acceptors (Lipinski definition) is 4. The zero-order chi connectivity index (χ0) is 14.4. The number of benzene rings is 2. The number of aliphatic hydroxyl groups is 1. The first-order chi connectivity index (χ1) is 9.74. The Bertz CT molecular complexity index is 605. The van der Waals surface area contributed by atoms with Gasteiger partial charge in [0.15, 0.2) is 0 Å². The summed E-state index contributed by atoms with van der Waals surface area (Å²) in [5.74, 6) is 1.01. The first-order valence-corrected chi connectivity index (χ1v) is 6.18. The van der Waals surface area contributed by atoms with Gasteiger partial charge in [0.1, 0.15) is 30.3 Å². The molecule has 102 valence electrons. The normalized spacial score (nSPS) is 11.4. The second-order valence-electron chi connectivity index (χ2n) is 4.21. The van der Waals surface area contributed by atoms with Crippen LogP contribution in [0.2, 0.25) is 0 Å². The topological polar surface area (TPSA) is 62.5 Å². The van der Waals surface area contributed by atoms with E-state index in [2.05, 4.69) is 0 Å². The smallest absolute Gasteiger partial charge is 0.140 e. The maximum Gasteiger partial charge on any atom is 0.140 e. The van der Waals surface area contributed by atoms with Gasteiger partial charge in [0, 0.05) is 6.07 Å². The molecule has 0 unspecified atom stereocenters. The van der Waals surface area contributed by atoms with Gasteiger partial charge >= 0.3 is 0 Å². The number of ether oxygens (including phenoxy) is 2. The van der Waals surface area contributed by atoms with Gasteiger partial charge in [-0.05, 0) is 17.7 Å². The van der Waals surface area contributed by atoms with Crippen molar-refractivity contribution in [2.75, 3.05) is 13.7 Å². The van der Waals surface area contributed by atoms with E-state index in [-0.39, 0.29) is 6.61 Å². The van der Waals surface area contributed by atoms with Crippen LogP contribution in [-0.2, 0) is 0 Å². The van der Waals surface area contributed by atoms with Crippen molar-refractivity contribution < 1.29 is 14.6 Å². The van der Waals surface area contributed by atoms with Crippen LogP contribution in [0.1, 0.15) is 17.2 Å². The van der Waals surface area contributed by atoms with Crippen LogP contribution in [0.4, 0.5) is 0 Å². The number of aliphatic hydroxyl groups excluding tert-OH is 1. The van der Waals surface area contributed by atoms with E-state index < -0.39 is 6.10 Å². The van der Waals surface area contributed by atoms with Crippen LogP contribution in [0.15, 0.2) is 48.5 Å². The van der Waals surface area contributed by atoms with Crippen molar-refractivity contribution in [2.24, 2.45) is 0 Å². The molecule has 0 radical (unpaired) electrons. The van der Waals surface area contributed by atoms with Crippen molar-refractivity contribution >= 4 is 0 Å². The van der Waals surface area contributed by atoms with Gasteiger partial charge in [0.05, 0.1) is 12.7 Å². The minimum Gasteiger partial charge on any atom is -0.495 e. The Balaban J connectivity index is 2.03. The number of hydrogen-bond donors (Lipinski definition) is 1. The molecule has 20 heavy (non-hydrogen) atoms. The number of rotatable bonds is 5. The summed E-state index contributed by atoms with van der Waals surface area (Å²) in [5, 5.41) is 18.9. The van der Waals surface area contributed by atoms with Crippen LogP contribution < -0.4 is 9.47 Å². The van der Waals surface area contributed by atoms with Crippen LogP contribution >= 0.6 is 0 Å². The summed E-state index contributed by atoms with van der Waals surface area (Å²) in [4.78, 5) is 0.